The molecule has 146 valence electrons. The Labute approximate surface area is 153 Å². The van der Waals surface area contributed by atoms with Crippen molar-refractivity contribution in [2.24, 2.45) is 16.3 Å². The Morgan fingerprint density at radius 3 is 2.76 bits per heavy atom. The number of guanidine groups is 1. The van der Waals surface area contributed by atoms with Crippen LogP contribution in [0, 0.1) is 11.3 Å². The first kappa shape index (κ1) is 20.5. The molecule has 1 atom stereocenters. The van der Waals surface area contributed by atoms with E-state index in [-0.39, 0.29) is 0 Å². The molecule has 1 unspecified atom stereocenters. The van der Waals surface area contributed by atoms with E-state index in [1.54, 1.807) is 7.11 Å². The summed E-state index contributed by atoms with van der Waals surface area (Å²) in [5.41, 5.74) is 0.375. The number of ether oxygens (including phenoxy) is 3. The lowest BCUT2D eigenvalue weighted by Gasteiger charge is -2.30. The maximum Gasteiger partial charge on any atom is 0.190 e. The van der Waals surface area contributed by atoms with Gasteiger partial charge < -0.3 is 24.8 Å². The molecule has 2 aliphatic rings. The van der Waals surface area contributed by atoms with Gasteiger partial charge in [-0.15, -0.1) is 0 Å². The van der Waals surface area contributed by atoms with Crippen molar-refractivity contribution in [3.8, 4) is 0 Å². The van der Waals surface area contributed by atoms with E-state index in [9.17, 15) is 0 Å². The average molecular weight is 356 g/mol. The number of methoxy groups -OCH3 is 1. The molecule has 25 heavy (non-hydrogen) atoms. The van der Waals surface area contributed by atoms with E-state index in [2.05, 4.69) is 15.6 Å². The van der Waals surface area contributed by atoms with Gasteiger partial charge in [0.15, 0.2) is 5.96 Å². The van der Waals surface area contributed by atoms with E-state index in [0.29, 0.717) is 11.3 Å². The Balaban J connectivity index is 1.56. The highest BCUT2D eigenvalue weighted by Crippen LogP contribution is 2.40. The monoisotopic (exact) mass is 355 g/mol. The molecule has 2 N–H and O–H groups in total. The lowest BCUT2D eigenvalue weighted by molar-refractivity contribution is 0.0887. The minimum atomic E-state index is 0.375. The van der Waals surface area contributed by atoms with Gasteiger partial charge in [0, 0.05) is 53.0 Å². The number of rotatable bonds is 11. The second kappa shape index (κ2) is 11.7. The quantitative estimate of drug-likeness (QED) is 0.338. The molecule has 0 amide bonds. The average Bonchev–Trinajstić information content (AvgIpc) is 3.31. The molecular formula is C19H37N3O3. The molecule has 1 heterocycles. The van der Waals surface area contributed by atoms with Gasteiger partial charge >= 0.3 is 0 Å². The fourth-order valence-corrected chi connectivity index (χ4v) is 3.80. The zero-order valence-electron chi connectivity index (χ0n) is 16.1. The highest BCUT2D eigenvalue weighted by atomic mass is 16.5. The maximum absolute atomic E-state index is 5.74. The first-order chi connectivity index (χ1) is 12.3. The molecule has 1 aliphatic heterocycles. The summed E-state index contributed by atoms with van der Waals surface area (Å²) in [6, 6.07) is 0. The van der Waals surface area contributed by atoms with E-state index < -0.39 is 0 Å². The van der Waals surface area contributed by atoms with Crippen molar-refractivity contribution in [3.63, 3.8) is 0 Å². The van der Waals surface area contributed by atoms with E-state index in [0.717, 1.165) is 71.3 Å². The Kier molecular flexibility index (Phi) is 9.58. The molecular weight excluding hydrogens is 318 g/mol. The van der Waals surface area contributed by atoms with Crippen LogP contribution in [0.1, 0.15) is 44.9 Å². The van der Waals surface area contributed by atoms with E-state index in [1.807, 2.05) is 7.05 Å². The lowest BCUT2D eigenvalue weighted by Crippen LogP contribution is -2.43. The highest BCUT2D eigenvalue weighted by molar-refractivity contribution is 5.79. The van der Waals surface area contributed by atoms with Gasteiger partial charge in [0.05, 0.1) is 13.2 Å². The highest BCUT2D eigenvalue weighted by Gasteiger charge is 2.33. The Bertz CT molecular complexity index is 378. The molecule has 6 nitrogen and oxygen atoms in total. The fraction of sp³-hybridized carbons (Fsp3) is 0.947. The molecule has 1 saturated heterocycles. The topological polar surface area (TPSA) is 64.1 Å². The second-order valence-corrected chi connectivity index (χ2v) is 7.46. The summed E-state index contributed by atoms with van der Waals surface area (Å²) in [6.07, 6.45) is 8.51. The van der Waals surface area contributed by atoms with Gasteiger partial charge in [0.25, 0.3) is 0 Å². The summed E-state index contributed by atoms with van der Waals surface area (Å²) in [7, 11) is 3.63. The van der Waals surface area contributed by atoms with Crippen molar-refractivity contribution in [1.82, 2.24) is 10.6 Å². The Hall–Kier alpha value is -0.850. The van der Waals surface area contributed by atoms with Crippen molar-refractivity contribution in [3.05, 3.63) is 0 Å². The van der Waals surface area contributed by atoms with Crippen molar-refractivity contribution in [2.45, 2.75) is 44.9 Å². The van der Waals surface area contributed by atoms with Gasteiger partial charge in [-0.25, -0.2) is 0 Å². The van der Waals surface area contributed by atoms with E-state index >= 15 is 0 Å². The molecule has 0 bridgehead atoms. The van der Waals surface area contributed by atoms with Crippen LogP contribution in [-0.4, -0.2) is 66.2 Å². The van der Waals surface area contributed by atoms with Crippen LogP contribution in [0.15, 0.2) is 4.99 Å². The maximum atomic E-state index is 5.74. The van der Waals surface area contributed by atoms with Crippen molar-refractivity contribution in [1.29, 1.82) is 0 Å². The van der Waals surface area contributed by atoms with E-state index in [1.165, 1.54) is 25.7 Å². The van der Waals surface area contributed by atoms with Crippen molar-refractivity contribution < 1.29 is 14.2 Å². The molecule has 0 aromatic rings. The number of hydrogen-bond donors (Lipinski definition) is 2. The summed E-state index contributed by atoms with van der Waals surface area (Å²) in [4.78, 5) is 4.35. The first-order valence-electron chi connectivity index (χ1n) is 9.87. The van der Waals surface area contributed by atoms with Crippen molar-refractivity contribution in [2.75, 3.05) is 60.3 Å². The first-order valence-corrected chi connectivity index (χ1v) is 9.87. The van der Waals surface area contributed by atoms with Crippen LogP contribution in [0.4, 0.5) is 0 Å². The smallest absolute Gasteiger partial charge is 0.190 e. The summed E-state index contributed by atoms with van der Waals surface area (Å²) in [6.45, 7) is 6.08. The molecule has 1 saturated carbocycles. The van der Waals surface area contributed by atoms with Gasteiger partial charge in [0.2, 0.25) is 0 Å². The number of aliphatic imine (C=N–C) groups is 1. The van der Waals surface area contributed by atoms with Crippen LogP contribution in [0.5, 0.6) is 0 Å². The standard InChI is InChI=1S/C19H37N3O3/c1-20-18(21-10-5-11-24-14-17-6-12-25-15-17)22-16-19(9-13-23-2)7-3-4-8-19/h17H,3-16H2,1-2H3,(H2,20,21,22). The van der Waals surface area contributed by atoms with Gasteiger partial charge in [-0.1, -0.05) is 12.8 Å². The number of hydrogen-bond acceptors (Lipinski definition) is 4. The molecule has 2 fully saturated rings. The minimum Gasteiger partial charge on any atom is -0.385 e. The van der Waals surface area contributed by atoms with Crippen LogP contribution in [-0.2, 0) is 14.2 Å². The van der Waals surface area contributed by atoms with Gasteiger partial charge in [-0.05, 0) is 37.5 Å². The van der Waals surface area contributed by atoms with Gasteiger partial charge in [-0.3, -0.25) is 4.99 Å². The molecule has 6 heteroatoms. The molecule has 1 aliphatic carbocycles. The molecule has 0 aromatic heterocycles. The SMILES string of the molecule is CN=C(NCCCOCC1CCOC1)NCC1(CCOC)CCCC1. The Morgan fingerprint density at radius 2 is 2.08 bits per heavy atom. The van der Waals surface area contributed by atoms with Gasteiger partial charge in [-0.2, -0.15) is 0 Å². The van der Waals surface area contributed by atoms with Crippen LogP contribution in [0.25, 0.3) is 0 Å². The summed E-state index contributed by atoms with van der Waals surface area (Å²) >= 11 is 0. The van der Waals surface area contributed by atoms with Crippen LogP contribution >= 0.6 is 0 Å². The zero-order chi connectivity index (χ0) is 17.8. The minimum absolute atomic E-state index is 0.375. The fourth-order valence-electron chi connectivity index (χ4n) is 3.80. The summed E-state index contributed by atoms with van der Waals surface area (Å²) in [5, 5.41) is 6.92. The van der Waals surface area contributed by atoms with Gasteiger partial charge in [0.1, 0.15) is 0 Å². The third-order valence-electron chi connectivity index (χ3n) is 5.49. The van der Waals surface area contributed by atoms with Crippen LogP contribution in [0.2, 0.25) is 0 Å². The number of nitrogens with zero attached hydrogens (tertiary/aromatic N) is 1. The molecule has 0 aromatic carbocycles. The molecule has 0 radical (unpaired) electrons. The summed E-state index contributed by atoms with van der Waals surface area (Å²) in [5.74, 6) is 1.49. The second-order valence-electron chi connectivity index (χ2n) is 7.46. The Morgan fingerprint density at radius 1 is 1.24 bits per heavy atom. The normalized spacial score (nSPS) is 23.1. The van der Waals surface area contributed by atoms with E-state index in [4.69, 9.17) is 14.2 Å². The third-order valence-corrected chi connectivity index (χ3v) is 5.49. The predicted octanol–water partition coefficient (Wildman–Crippen LogP) is 2.19. The third kappa shape index (κ3) is 7.50. The van der Waals surface area contributed by atoms with Crippen molar-refractivity contribution >= 4 is 5.96 Å². The zero-order valence-corrected chi connectivity index (χ0v) is 16.1. The molecule has 2 rings (SSSR count). The summed E-state index contributed by atoms with van der Waals surface area (Å²) < 4.78 is 16.4. The van der Waals surface area contributed by atoms with Crippen LogP contribution < -0.4 is 10.6 Å². The molecule has 0 spiro atoms. The largest absolute Gasteiger partial charge is 0.385 e. The van der Waals surface area contributed by atoms with Crippen LogP contribution in [0.3, 0.4) is 0 Å². The lowest BCUT2D eigenvalue weighted by atomic mass is 9.83. The number of nitrogens with one attached hydrogen (secondary N) is 2. The predicted molar refractivity (Wildman–Crippen MR) is 101 cm³/mol.